The van der Waals surface area contributed by atoms with Crippen molar-refractivity contribution in [3.63, 3.8) is 0 Å². The number of hydrogen-bond acceptors (Lipinski definition) is 6. The largest absolute Gasteiger partial charge is 0.397 e. The second kappa shape index (κ2) is 9.55. The zero-order valence-corrected chi connectivity index (χ0v) is 18.5. The third kappa shape index (κ3) is 4.61. The maximum Gasteiger partial charge on any atom is 0.186 e. The van der Waals surface area contributed by atoms with Crippen molar-refractivity contribution in [2.24, 2.45) is 5.73 Å². The van der Waals surface area contributed by atoms with Crippen LogP contribution in [0.15, 0.2) is 48.8 Å². The van der Waals surface area contributed by atoms with Crippen molar-refractivity contribution in [2.45, 2.75) is 13.5 Å². The van der Waals surface area contributed by atoms with Gasteiger partial charge in [-0.25, -0.2) is 9.36 Å². The molecule has 0 amide bonds. The normalized spacial score (nSPS) is 16.5. The van der Waals surface area contributed by atoms with E-state index in [1.807, 2.05) is 42.6 Å². The Morgan fingerprint density at radius 2 is 1.74 bits per heavy atom. The SMILES string of the molecule is CCN1CCN(CCn2nc(-n3cccn3)c(/C(Cl)=C(\N)c3ccccc3)c2N)CC1. The quantitative estimate of drug-likeness (QED) is 0.585. The predicted molar refractivity (Wildman–Crippen MR) is 126 cm³/mol. The van der Waals surface area contributed by atoms with E-state index in [0.717, 1.165) is 44.8 Å². The van der Waals surface area contributed by atoms with E-state index in [2.05, 4.69) is 21.8 Å². The van der Waals surface area contributed by atoms with Crippen molar-refractivity contribution in [1.82, 2.24) is 29.4 Å². The van der Waals surface area contributed by atoms with Crippen LogP contribution in [0.4, 0.5) is 5.82 Å². The maximum atomic E-state index is 6.78. The molecule has 0 aliphatic carbocycles. The molecule has 0 unspecified atom stereocenters. The van der Waals surface area contributed by atoms with Crippen LogP contribution in [0.25, 0.3) is 16.5 Å². The van der Waals surface area contributed by atoms with Gasteiger partial charge in [0, 0.05) is 45.1 Å². The molecule has 2 aromatic heterocycles. The number of piperazine rings is 1. The molecule has 31 heavy (non-hydrogen) atoms. The van der Waals surface area contributed by atoms with Crippen LogP contribution < -0.4 is 11.5 Å². The van der Waals surface area contributed by atoms with Gasteiger partial charge in [0.1, 0.15) is 5.82 Å². The summed E-state index contributed by atoms with van der Waals surface area (Å²) in [6.07, 6.45) is 3.52. The fraction of sp³-hybridized carbons (Fsp3) is 0.364. The summed E-state index contributed by atoms with van der Waals surface area (Å²) in [6, 6.07) is 11.5. The van der Waals surface area contributed by atoms with Gasteiger partial charge in [-0.2, -0.15) is 10.2 Å². The molecule has 1 aromatic carbocycles. The van der Waals surface area contributed by atoms with Crippen molar-refractivity contribution < 1.29 is 0 Å². The molecular weight excluding hydrogens is 412 g/mol. The third-order valence-corrected chi connectivity index (χ3v) is 6.17. The first-order chi connectivity index (χ1) is 15.1. The highest BCUT2D eigenvalue weighted by atomic mass is 35.5. The van der Waals surface area contributed by atoms with Crippen molar-refractivity contribution in [1.29, 1.82) is 0 Å². The van der Waals surface area contributed by atoms with Crippen LogP contribution in [0, 0.1) is 0 Å². The minimum Gasteiger partial charge on any atom is -0.397 e. The van der Waals surface area contributed by atoms with Crippen molar-refractivity contribution >= 4 is 28.1 Å². The molecule has 0 atom stereocenters. The minimum absolute atomic E-state index is 0.372. The number of rotatable bonds is 7. The van der Waals surface area contributed by atoms with E-state index in [1.54, 1.807) is 15.6 Å². The summed E-state index contributed by atoms with van der Waals surface area (Å²) in [4.78, 5) is 4.90. The van der Waals surface area contributed by atoms with Gasteiger partial charge in [-0.3, -0.25) is 4.90 Å². The highest BCUT2D eigenvalue weighted by Crippen LogP contribution is 2.34. The molecule has 0 bridgehead atoms. The average Bonchev–Trinajstić information content (AvgIpc) is 3.46. The van der Waals surface area contributed by atoms with E-state index in [1.165, 1.54) is 0 Å². The predicted octanol–water partition coefficient (Wildman–Crippen LogP) is 2.31. The molecule has 3 heterocycles. The Labute approximate surface area is 187 Å². The number of halogens is 1. The molecule has 0 radical (unpaired) electrons. The van der Waals surface area contributed by atoms with Gasteiger partial charge in [-0.15, -0.1) is 0 Å². The number of anilines is 1. The number of nitrogen functional groups attached to an aromatic ring is 1. The standard InChI is InChI=1S/C22H29ClN8/c1-2-28-11-13-29(14-12-28)15-16-30-21(25)18(22(27-30)31-10-6-9-26-31)19(23)20(24)17-7-4-3-5-8-17/h3-10H,2,11-16,24-25H2,1H3/b20-19+. The Morgan fingerprint density at radius 3 is 2.39 bits per heavy atom. The van der Waals surface area contributed by atoms with Crippen LogP contribution in [0.2, 0.25) is 0 Å². The molecule has 4 N–H and O–H groups in total. The summed E-state index contributed by atoms with van der Waals surface area (Å²) in [7, 11) is 0. The van der Waals surface area contributed by atoms with Gasteiger partial charge in [0.15, 0.2) is 5.82 Å². The molecule has 8 nitrogen and oxygen atoms in total. The second-order valence-electron chi connectivity index (χ2n) is 7.63. The number of nitrogens with zero attached hydrogens (tertiary/aromatic N) is 6. The van der Waals surface area contributed by atoms with Gasteiger partial charge in [-0.1, -0.05) is 48.9 Å². The minimum atomic E-state index is 0.372. The Morgan fingerprint density at radius 1 is 1.03 bits per heavy atom. The zero-order valence-electron chi connectivity index (χ0n) is 17.8. The zero-order chi connectivity index (χ0) is 21.8. The van der Waals surface area contributed by atoms with Gasteiger partial charge in [-0.05, 0) is 18.2 Å². The molecule has 1 aliphatic heterocycles. The Balaban J connectivity index is 1.63. The highest BCUT2D eigenvalue weighted by molar-refractivity contribution is 6.53. The Kier molecular flexibility index (Phi) is 6.60. The fourth-order valence-corrected chi connectivity index (χ4v) is 4.13. The van der Waals surface area contributed by atoms with E-state index in [9.17, 15) is 0 Å². The van der Waals surface area contributed by atoms with Gasteiger partial charge < -0.3 is 16.4 Å². The molecular formula is C22H29ClN8. The topological polar surface area (TPSA) is 94.2 Å². The van der Waals surface area contributed by atoms with Crippen LogP contribution in [-0.2, 0) is 6.54 Å². The van der Waals surface area contributed by atoms with E-state index < -0.39 is 0 Å². The number of hydrogen-bond donors (Lipinski definition) is 2. The highest BCUT2D eigenvalue weighted by Gasteiger charge is 2.23. The van der Waals surface area contributed by atoms with Gasteiger partial charge in [0.2, 0.25) is 0 Å². The molecule has 0 spiro atoms. The second-order valence-corrected chi connectivity index (χ2v) is 8.01. The summed E-state index contributed by atoms with van der Waals surface area (Å²) in [5.41, 5.74) is 14.8. The van der Waals surface area contributed by atoms with Crippen molar-refractivity contribution in [2.75, 3.05) is 45.0 Å². The number of likely N-dealkylation sites (N-methyl/N-ethyl adjacent to an activating group) is 1. The summed E-state index contributed by atoms with van der Waals surface area (Å²) >= 11 is 6.78. The summed E-state index contributed by atoms with van der Waals surface area (Å²) in [5, 5.41) is 9.45. The van der Waals surface area contributed by atoms with Gasteiger partial charge in [0.05, 0.1) is 22.8 Å². The summed E-state index contributed by atoms with van der Waals surface area (Å²) < 4.78 is 3.47. The smallest absolute Gasteiger partial charge is 0.186 e. The number of benzene rings is 1. The first-order valence-corrected chi connectivity index (χ1v) is 11.0. The first kappa shape index (κ1) is 21.4. The lowest BCUT2D eigenvalue weighted by molar-refractivity contribution is 0.133. The Hall–Kier alpha value is -2.81. The monoisotopic (exact) mass is 440 g/mol. The Bertz CT molecular complexity index is 1020. The number of nitrogens with two attached hydrogens (primary N) is 2. The van der Waals surface area contributed by atoms with Crippen LogP contribution in [-0.4, -0.2) is 68.6 Å². The molecule has 4 rings (SSSR count). The van der Waals surface area contributed by atoms with Crippen molar-refractivity contribution in [3.8, 4) is 5.82 Å². The van der Waals surface area contributed by atoms with Crippen LogP contribution in [0.1, 0.15) is 18.1 Å². The fourth-order valence-electron chi connectivity index (χ4n) is 3.84. The summed E-state index contributed by atoms with van der Waals surface area (Å²) in [6.45, 7) is 9.14. The molecule has 9 heteroatoms. The number of aromatic nitrogens is 4. The van der Waals surface area contributed by atoms with Crippen LogP contribution in [0.3, 0.4) is 0 Å². The maximum absolute atomic E-state index is 6.78. The van der Waals surface area contributed by atoms with Gasteiger partial charge >= 0.3 is 0 Å². The average molecular weight is 441 g/mol. The molecule has 1 saturated heterocycles. The lowest BCUT2D eigenvalue weighted by atomic mass is 10.1. The first-order valence-electron chi connectivity index (χ1n) is 10.6. The third-order valence-electron chi connectivity index (χ3n) is 5.78. The van der Waals surface area contributed by atoms with E-state index >= 15 is 0 Å². The van der Waals surface area contributed by atoms with Crippen LogP contribution in [0.5, 0.6) is 0 Å². The van der Waals surface area contributed by atoms with E-state index in [4.69, 9.17) is 28.2 Å². The van der Waals surface area contributed by atoms with Crippen molar-refractivity contribution in [3.05, 3.63) is 59.9 Å². The molecule has 164 valence electrons. The lowest BCUT2D eigenvalue weighted by Crippen LogP contribution is -2.47. The molecule has 1 fully saturated rings. The summed E-state index contributed by atoms with van der Waals surface area (Å²) in [5.74, 6) is 1.06. The molecule has 1 aliphatic rings. The molecule has 3 aromatic rings. The van der Waals surface area contributed by atoms with E-state index in [-0.39, 0.29) is 0 Å². The van der Waals surface area contributed by atoms with Crippen LogP contribution >= 0.6 is 11.6 Å². The molecule has 0 saturated carbocycles. The van der Waals surface area contributed by atoms with Gasteiger partial charge in [0.25, 0.3) is 0 Å². The van der Waals surface area contributed by atoms with E-state index in [0.29, 0.717) is 34.5 Å². The lowest BCUT2D eigenvalue weighted by Gasteiger charge is -2.33.